The molecule has 3 heterocycles. The Kier molecular flexibility index (Phi) is 9.00. The standard InChI is InChI=1S/C37H38N4O4S2/c1-36(2,3)47-34-26-19-25(45-22-33-38-28-9-7-8-10-31(28)46-33)15-17-29(26)41(30(34)20-37(4,5)35(42)43)21-23-11-13-24(14-12-23)27-16-18-32(44-6)40-39-27/h7-19H,20-22H2,1-6H3,(H,42,43). The topological polar surface area (TPSA) is 99.4 Å². The van der Waals surface area contributed by atoms with E-state index in [4.69, 9.17) is 14.5 Å². The van der Waals surface area contributed by atoms with Gasteiger partial charge in [-0.05, 0) is 55.8 Å². The van der Waals surface area contributed by atoms with Crippen molar-refractivity contribution in [2.24, 2.45) is 5.41 Å². The predicted molar refractivity (Wildman–Crippen MR) is 190 cm³/mol. The Bertz CT molecular complexity index is 2010. The number of aliphatic carboxylic acids is 1. The minimum absolute atomic E-state index is 0.111. The molecule has 0 aliphatic heterocycles. The van der Waals surface area contributed by atoms with Crippen LogP contribution in [-0.2, 0) is 24.4 Å². The Morgan fingerprint density at radius 2 is 1.72 bits per heavy atom. The summed E-state index contributed by atoms with van der Waals surface area (Å²) in [6.07, 6.45) is 0.372. The summed E-state index contributed by atoms with van der Waals surface area (Å²) in [5, 5.41) is 20.5. The van der Waals surface area contributed by atoms with Gasteiger partial charge in [-0.25, -0.2) is 4.98 Å². The minimum Gasteiger partial charge on any atom is -0.486 e. The second-order valence-electron chi connectivity index (χ2n) is 13.1. The van der Waals surface area contributed by atoms with Gasteiger partial charge in [-0.15, -0.1) is 33.3 Å². The Morgan fingerprint density at radius 1 is 0.957 bits per heavy atom. The maximum absolute atomic E-state index is 12.4. The number of methoxy groups -OCH3 is 1. The van der Waals surface area contributed by atoms with E-state index in [1.165, 1.54) is 0 Å². The third-order valence-corrected chi connectivity index (χ3v) is 10.1. The molecular weight excluding hydrogens is 629 g/mol. The first-order valence-corrected chi connectivity index (χ1v) is 17.1. The number of aromatic nitrogens is 4. The Morgan fingerprint density at radius 3 is 2.38 bits per heavy atom. The largest absolute Gasteiger partial charge is 0.486 e. The average molecular weight is 667 g/mol. The summed E-state index contributed by atoms with van der Waals surface area (Å²) in [7, 11) is 1.57. The van der Waals surface area contributed by atoms with Crippen molar-refractivity contribution < 1.29 is 19.4 Å². The summed E-state index contributed by atoms with van der Waals surface area (Å²) in [4.78, 5) is 18.2. The van der Waals surface area contributed by atoms with E-state index in [2.05, 4.69) is 65.9 Å². The van der Waals surface area contributed by atoms with Crippen molar-refractivity contribution in [2.75, 3.05) is 7.11 Å². The van der Waals surface area contributed by atoms with E-state index in [1.807, 2.05) is 42.5 Å². The van der Waals surface area contributed by atoms with Crippen LogP contribution >= 0.6 is 23.1 Å². The Hall–Kier alpha value is -4.41. The van der Waals surface area contributed by atoms with Gasteiger partial charge < -0.3 is 19.1 Å². The van der Waals surface area contributed by atoms with Crippen LogP contribution in [0.2, 0.25) is 0 Å². The number of hydrogen-bond donors (Lipinski definition) is 1. The number of benzene rings is 3. The van der Waals surface area contributed by atoms with Crippen molar-refractivity contribution >= 4 is 50.2 Å². The van der Waals surface area contributed by atoms with Crippen LogP contribution in [0.1, 0.15) is 50.9 Å². The summed E-state index contributed by atoms with van der Waals surface area (Å²) in [6, 6.07) is 26.2. The molecule has 0 saturated heterocycles. The number of thiazole rings is 1. The minimum atomic E-state index is -0.970. The molecule has 47 heavy (non-hydrogen) atoms. The van der Waals surface area contributed by atoms with Gasteiger partial charge in [0.15, 0.2) is 0 Å². The van der Waals surface area contributed by atoms with Gasteiger partial charge in [0.05, 0.1) is 28.4 Å². The number of thioether (sulfide) groups is 1. The lowest BCUT2D eigenvalue weighted by molar-refractivity contribution is -0.146. The molecule has 0 bridgehead atoms. The molecule has 0 aliphatic rings. The Balaban J connectivity index is 1.39. The molecule has 0 fully saturated rings. The summed E-state index contributed by atoms with van der Waals surface area (Å²) in [5.41, 5.74) is 4.84. The molecule has 0 spiro atoms. The molecule has 3 aromatic heterocycles. The van der Waals surface area contributed by atoms with Crippen LogP contribution in [0.25, 0.3) is 32.4 Å². The van der Waals surface area contributed by atoms with E-state index < -0.39 is 11.4 Å². The predicted octanol–water partition coefficient (Wildman–Crippen LogP) is 8.89. The zero-order valence-electron chi connectivity index (χ0n) is 27.4. The number of rotatable bonds is 11. The van der Waals surface area contributed by atoms with Crippen molar-refractivity contribution in [3.63, 3.8) is 0 Å². The van der Waals surface area contributed by atoms with Crippen LogP contribution in [0.4, 0.5) is 0 Å². The van der Waals surface area contributed by atoms with Gasteiger partial charge in [-0.2, -0.15) is 0 Å². The van der Waals surface area contributed by atoms with Crippen molar-refractivity contribution in [3.8, 4) is 22.9 Å². The lowest BCUT2D eigenvalue weighted by Gasteiger charge is -2.24. The first kappa shape index (κ1) is 32.5. The average Bonchev–Trinajstić information content (AvgIpc) is 3.58. The maximum atomic E-state index is 12.4. The van der Waals surface area contributed by atoms with Crippen molar-refractivity contribution in [1.29, 1.82) is 0 Å². The fourth-order valence-corrected chi connectivity index (χ4v) is 7.46. The highest BCUT2D eigenvalue weighted by Gasteiger charge is 2.33. The van der Waals surface area contributed by atoms with E-state index in [-0.39, 0.29) is 4.75 Å². The number of nitrogens with zero attached hydrogens (tertiary/aromatic N) is 4. The number of carboxylic acid groups (broad SMARTS) is 1. The second kappa shape index (κ2) is 13.0. The zero-order chi connectivity index (χ0) is 33.3. The molecule has 0 amide bonds. The second-order valence-corrected chi connectivity index (χ2v) is 16.1. The number of para-hydroxylation sites is 1. The normalized spacial score (nSPS) is 12.1. The number of carboxylic acids is 1. The van der Waals surface area contributed by atoms with Gasteiger partial charge in [-0.1, -0.05) is 57.2 Å². The molecule has 8 nitrogen and oxygen atoms in total. The van der Waals surface area contributed by atoms with E-state index in [0.29, 0.717) is 25.5 Å². The molecule has 0 aliphatic carbocycles. The molecule has 10 heteroatoms. The summed E-state index contributed by atoms with van der Waals surface area (Å²) in [6.45, 7) is 11.1. The van der Waals surface area contributed by atoms with Crippen molar-refractivity contribution in [3.05, 3.63) is 95.1 Å². The van der Waals surface area contributed by atoms with Gasteiger partial charge >= 0.3 is 5.97 Å². The number of ether oxygens (including phenoxy) is 2. The molecule has 6 rings (SSSR count). The van der Waals surface area contributed by atoms with Gasteiger partial charge in [0, 0.05) is 50.8 Å². The van der Waals surface area contributed by atoms with Crippen molar-refractivity contribution in [1.82, 2.24) is 19.7 Å². The highest BCUT2D eigenvalue weighted by Crippen LogP contribution is 2.44. The molecule has 3 aromatic carbocycles. The molecule has 0 saturated carbocycles. The molecule has 242 valence electrons. The summed E-state index contributed by atoms with van der Waals surface area (Å²) >= 11 is 3.40. The molecule has 0 atom stereocenters. The monoisotopic (exact) mass is 666 g/mol. The first-order valence-electron chi connectivity index (χ1n) is 15.4. The molecular formula is C37H38N4O4S2. The number of carbonyl (C=O) groups is 1. The van der Waals surface area contributed by atoms with E-state index in [9.17, 15) is 9.90 Å². The van der Waals surface area contributed by atoms with Crippen LogP contribution in [0.3, 0.4) is 0 Å². The quantitative estimate of drug-likeness (QED) is 0.137. The highest BCUT2D eigenvalue weighted by atomic mass is 32.2. The van der Waals surface area contributed by atoms with Crippen LogP contribution < -0.4 is 9.47 Å². The lowest BCUT2D eigenvalue weighted by Crippen LogP contribution is -2.28. The summed E-state index contributed by atoms with van der Waals surface area (Å²) < 4.78 is 14.8. The molecule has 0 unspecified atom stereocenters. The number of hydrogen-bond acceptors (Lipinski definition) is 8. The maximum Gasteiger partial charge on any atom is 0.309 e. The highest BCUT2D eigenvalue weighted by molar-refractivity contribution is 8.00. The Labute approximate surface area is 282 Å². The van der Waals surface area contributed by atoms with E-state index in [1.54, 1.807) is 50.1 Å². The van der Waals surface area contributed by atoms with Gasteiger partial charge in [-0.3, -0.25) is 4.79 Å². The van der Waals surface area contributed by atoms with Crippen LogP contribution in [0.5, 0.6) is 11.6 Å². The van der Waals surface area contributed by atoms with Crippen LogP contribution in [0.15, 0.2) is 83.8 Å². The third kappa shape index (κ3) is 7.29. The van der Waals surface area contributed by atoms with Crippen molar-refractivity contribution in [2.45, 2.75) is 63.8 Å². The zero-order valence-corrected chi connectivity index (χ0v) is 29.0. The summed E-state index contributed by atoms with van der Waals surface area (Å²) in [5.74, 6) is 0.389. The van der Waals surface area contributed by atoms with E-state index in [0.717, 1.165) is 59.3 Å². The van der Waals surface area contributed by atoms with E-state index >= 15 is 0 Å². The van der Waals surface area contributed by atoms with Crippen LogP contribution in [0, 0.1) is 5.41 Å². The smallest absolute Gasteiger partial charge is 0.309 e. The molecule has 1 N–H and O–H groups in total. The molecule has 0 radical (unpaired) electrons. The third-order valence-electron chi connectivity index (χ3n) is 7.83. The van der Waals surface area contributed by atoms with Crippen LogP contribution in [-0.4, -0.2) is 42.7 Å². The first-order chi connectivity index (χ1) is 22.4. The fourth-order valence-electron chi connectivity index (χ4n) is 5.39. The van der Waals surface area contributed by atoms with Gasteiger partial charge in [0.1, 0.15) is 17.4 Å². The molecule has 6 aromatic rings. The SMILES string of the molecule is COc1ccc(-c2ccc(Cn3c(CC(C)(C)C(=O)O)c(SC(C)(C)C)c4cc(OCc5nc6ccccc6s5)ccc43)cc2)nn1. The fraction of sp³-hybridized carbons (Fsp3) is 0.297. The lowest BCUT2D eigenvalue weighted by atomic mass is 9.88. The van der Waals surface area contributed by atoms with Gasteiger partial charge in [0.2, 0.25) is 5.88 Å². The van der Waals surface area contributed by atoms with Gasteiger partial charge in [0.25, 0.3) is 0 Å². The number of fused-ring (bicyclic) bond motifs is 2.